The van der Waals surface area contributed by atoms with Crippen LogP contribution >= 0.6 is 0 Å². The largest absolute Gasteiger partial charge is 0.497 e. The van der Waals surface area contributed by atoms with Crippen molar-refractivity contribution in [3.63, 3.8) is 0 Å². The van der Waals surface area contributed by atoms with E-state index in [1.807, 2.05) is 13.8 Å². The number of sulfonamides is 1. The molecule has 1 fully saturated rings. The van der Waals surface area contributed by atoms with E-state index in [9.17, 15) is 27.6 Å². The van der Waals surface area contributed by atoms with Gasteiger partial charge in [0, 0.05) is 20.0 Å². The van der Waals surface area contributed by atoms with Gasteiger partial charge in [-0.3, -0.25) is 23.9 Å². The van der Waals surface area contributed by atoms with E-state index >= 15 is 0 Å². The summed E-state index contributed by atoms with van der Waals surface area (Å²) in [5.41, 5.74) is 1.67. The van der Waals surface area contributed by atoms with Gasteiger partial charge < -0.3 is 30.3 Å². The zero-order valence-corrected chi connectivity index (χ0v) is 33.1. The lowest BCUT2D eigenvalue weighted by Crippen LogP contribution is -2.58. The number of aromatic nitrogens is 2. The second kappa shape index (κ2) is 18.1. The van der Waals surface area contributed by atoms with E-state index in [0.717, 1.165) is 12.8 Å². The molecule has 16 heteroatoms. The Balaban J connectivity index is 1.50. The van der Waals surface area contributed by atoms with Crippen LogP contribution in [-0.2, 0) is 49.1 Å². The van der Waals surface area contributed by atoms with Gasteiger partial charge in [0.25, 0.3) is 0 Å². The third-order valence-electron chi connectivity index (χ3n) is 9.81. The monoisotopic (exact) mass is 779 g/mol. The van der Waals surface area contributed by atoms with Gasteiger partial charge in [-0.05, 0) is 86.8 Å². The number of hydrogen-bond donors (Lipinski definition) is 4. The van der Waals surface area contributed by atoms with Gasteiger partial charge in [-0.25, -0.2) is 8.42 Å². The molecule has 4 N–H and O–H groups in total. The topological polar surface area (TPSA) is 190 Å². The SMILES string of the molecule is COc1ccc(C[C@@H]2NC(=O)[C@@H](NS(=O)(=O)c3cnn(C)c3C)Cc3ccc(cc3)OC[C@H](CC(C)C)NC(=O)CN(CC3CC3)C(=O)[C@@H](C)NC2=O)cc1. The summed E-state index contributed by atoms with van der Waals surface area (Å²) in [6, 6.07) is 9.88. The van der Waals surface area contributed by atoms with E-state index in [2.05, 4.69) is 25.8 Å². The molecular formula is C39H53N7O8S. The molecule has 3 heterocycles. The second-order valence-electron chi connectivity index (χ2n) is 15.0. The number of amides is 4. The van der Waals surface area contributed by atoms with Crippen molar-refractivity contribution in [1.82, 2.24) is 35.4 Å². The van der Waals surface area contributed by atoms with Crippen LogP contribution in [0, 0.1) is 18.8 Å². The zero-order chi connectivity index (χ0) is 39.9. The molecule has 2 aromatic carbocycles. The Kier molecular flexibility index (Phi) is 13.6. The molecule has 15 nitrogen and oxygen atoms in total. The summed E-state index contributed by atoms with van der Waals surface area (Å²) in [6.45, 7) is 7.60. The number of methoxy groups -OCH3 is 1. The fourth-order valence-corrected chi connectivity index (χ4v) is 7.89. The van der Waals surface area contributed by atoms with Crippen molar-refractivity contribution in [1.29, 1.82) is 0 Å². The first-order valence-corrected chi connectivity index (χ1v) is 20.1. The molecule has 1 aromatic heterocycles. The van der Waals surface area contributed by atoms with E-state index in [1.165, 1.54) is 22.9 Å². The number of carbonyl (C=O) groups is 4. The molecule has 3 aromatic rings. The number of nitrogens with one attached hydrogen (secondary N) is 4. The Morgan fingerprint density at radius 1 is 0.982 bits per heavy atom. The molecule has 0 saturated heterocycles. The highest BCUT2D eigenvalue weighted by molar-refractivity contribution is 7.89. The highest BCUT2D eigenvalue weighted by Gasteiger charge is 2.35. The maximum atomic E-state index is 14.2. The molecule has 4 amide bonds. The third kappa shape index (κ3) is 11.5. The first-order valence-electron chi connectivity index (χ1n) is 18.7. The van der Waals surface area contributed by atoms with Gasteiger partial charge in [-0.15, -0.1) is 0 Å². The lowest BCUT2D eigenvalue weighted by atomic mass is 10.0. The Morgan fingerprint density at radius 3 is 2.27 bits per heavy atom. The van der Waals surface area contributed by atoms with Crippen LogP contribution in [0.4, 0.5) is 0 Å². The number of fused-ring (bicyclic) bond motifs is 17. The Labute approximate surface area is 322 Å². The molecule has 4 atom stereocenters. The van der Waals surface area contributed by atoms with Crippen molar-refractivity contribution < 1.29 is 37.1 Å². The average Bonchev–Trinajstić information content (AvgIpc) is 3.89. The number of benzene rings is 2. The predicted octanol–water partition coefficient (Wildman–Crippen LogP) is 2.02. The van der Waals surface area contributed by atoms with Crippen molar-refractivity contribution in [2.45, 2.75) is 88.9 Å². The van der Waals surface area contributed by atoms with Crippen molar-refractivity contribution in [3.05, 3.63) is 71.5 Å². The molecule has 0 unspecified atom stereocenters. The van der Waals surface area contributed by atoms with Gasteiger partial charge in [-0.2, -0.15) is 9.82 Å². The number of aryl methyl sites for hydroxylation is 1. The molecule has 0 spiro atoms. The van der Waals surface area contributed by atoms with Crippen LogP contribution in [-0.4, -0.2) is 97.7 Å². The minimum Gasteiger partial charge on any atom is -0.497 e. The van der Waals surface area contributed by atoms with Gasteiger partial charge in [0.05, 0.1) is 31.6 Å². The standard InChI is InChI=1S/C39H53N7O8S/c1-24(2)17-30-23-54-32-15-11-28(12-16-32)19-34(44-55(51,52)35-20-40-45(5)26(35)4)38(49)43-33(18-27-9-13-31(53-6)14-10-27)37(48)41-25(3)39(50)46(21-29-7-8-29)22-36(47)42-30/h9-16,20,24-25,29-30,33-34,44H,7-8,17-19,21-23H2,1-6H3,(H,41,48)(H,42,47)(H,43,49)/t25-,30+,33+,34+/m1/s1. The Hall–Kier alpha value is -4.96. The third-order valence-corrected chi connectivity index (χ3v) is 11.4. The summed E-state index contributed by atoms with van der Waals surface area (Å²) in [5.74, 6) is -0.548. The maximum Gasteiger partial charge on any atom is 0.245 e. The van der Waals surface area contributed by atoms with E-state index in [1.54, 1.807) is 69.4 Å². The smallest absolute Gasteiger partial charge is 0.245 e. The van der Waals surface area contributed by atoms with Crippen molar-refractivity contribution >= 4 is 33.7 Å². The molecule has 55 heavy (non-hydrogen) atoms. The fourth-order valence-electron chi connectivity index (χ4n) is 6.49. The van der Waals surface area contributed by atoms with Gasteiger partial charge in [0.1, 0.15) is 41.1 Å². The number of nitrogens with zero attached hydrogens (tertiary/aromatic N) is 3. The van der Waals surface area contributed by atoms with Gasteiger partial charge in [0.15, 0.2) is 0 Å². The molecular weight excluding hydrogens is 727 g/mol. The summed E-state index contributed by atoms with van der Waals surface area (Å²) in [5, 5.41) is 12.6. The molecule has 0 radical (unpaired) electrons. The highest BCUT2D eigenvalue weighted by atomic mass is 32.2. The number of rotatable bonds is 10. The predicted molar refractivity (Wildman–Crippen MR) is 205 cm³/mol. The van der Waals surface area contributed by atoms with Gasteiger partial charge in [0.2, 0.25) is 33.7 Å². The van der Waals surface area contributed by atoms with E-state index in [4.69, 9.17) is 9.47 Å². The summed E-state index contributed by atoms with van der Waals surface area (Å²) in [4.78, 5) is 57.0. The molecule has 1 aliphatic carbocycles. The number of hydrogen-bond acceptors (Lipinski definition) is 9. The van der Waals surface area contributed by atoms with Crippen LogP contribution in [0.3, 0.4) is 0 Å². The Bertz CT molecular complexity index is 1930. The van der Waals surface area contributed by atoms with Gasteiger partial charge in [-0.1, -0.05) is 38.1 Å². The summed E-state index contributed by atoms with van der Waals surface area (Å²) < 4.78 is 42.8. The summed E-state index contributed by atoms with van der Waals surface area (Å²) in [7, 11) is -1.11. The molecule has 2 aliphatic heterocycles. The summed E-state index contributed by atoms with van der Waals surface area (Å²) in [6.07, 6.45) is 3.68. The molecule has 298 valence electrons. The minimum absolute atomic E-state index is 0.0150. The number of ether oxygens (including phenoxy) is 2. The second-order valence-corrected chi connectivity index (χ2v) is 16.6. The zero-order valence-electron chi connectivity index (χ0n) is 32.3. The van der Waals surface area contributed by atoms with Crippen LogP contribution in [0.1, 0.15) is 56.9 Å². The molecule has 2 bridgehead atoms. The van der Waals surface area contributed by atoms with Crippen LogP contribution < -0.4 is 30.1 Å². The fraction of sp³-hybridized carbons (Fsp3) is 0.513. The molecule has 1 saturated carbocycles. The maximum absolute atomic E-state index is 14.2. The first kappa shape index (κ1) is 41.2. The normalized spacial score (nSPS) is 22.1. The van der Waals surface area contributed by atoms with Crippen molar-refractivity contribution in [2.24, 2.45) is 18.9 Å². The lowest BCUT2D eigenvalue weighted by molar-refractivity contribution is -0.140. The highest BCUT2D eigenvalue weighted by Crippen LogP contribution is 2.30. The van der Waals surface area contributed by atoms with Crippen LogP contribution in [0.2, 0.25) is 0 Å². The first-order chi connectivity index (χ1) is 26.1. The van der Waals surface area contributed by atoms with E-state index in [-0.39, 0.29) is 54.7 Å². The van der Waals surface area contributed by atoms with Crippen LogP contribution in [0.25, 0.3) is 0 Å². The Morgan fingerprint density at radius 2 is 1.67 bits per heavy atom. The minimum atomic E-state index is -4.26. The number of carbonyl (C=O) groups excluding carboxylic acids is 4. The average molecular weight is 780 g/mol. The van der Waals surface area contributed by atoms with Crippen molar-refractivity contribution in [2.75, 3.05) is 26.8 Å². The van der Waals surface area contributed by atoms with E-state index in [0.29, 0.717) is 41.3 Å². The summed E-state index contributed by atoms with van der Waals surface area (Å²) >= 11 is 0. The van der Waals surface area contributed by atoms with E-state index < -0.39 is 45.9 Å². The lowest BCUT2D eigenvalue weighted by Gasteiger charge is -2.29. The molecule has 6 rings (SSSR count). The molecule has 3 aliphatic rings. The quantitative estimate of drug-likeness (QED) is 0.223. The van der Waals surface area contributed by atoms with Crippen LogP contribution in [0.15, 0.2) is 59.6 Å². The van der Waals surface area contributed by atoms with Crippen molar-refractivity contribution in [3.8, 4) is 11.5 Å². The van der Waals surface area contributed by atoms with Gasteiger partial charge >= 0.3 is 0 Å². The van der Waals surface area contributed by atoms with Crippen LogP contribution in [0.5, 0.6) is 11.5 Å².